The zero-order chi connectivity index (χ0) is 20.5. The fourth-order valence-corrected chi connectivity index (χ4v) is 2.87. The number of fused-ring (bicyclic) bond motifs is 1. The molecule has 3 aromatic rings. The van der Waals surface area contributed by atoms with Crippen molar-refractivity contribution < 1.29 is 27.5 Å². The van der Waals surface area contributed by atoms with Gasteiger partial charge in [0.2, 0.25) is 11.7 Å². The zero-order valence-electron chi connectivity index (χ0n) is 14.9. The van der Waals surface area contributed by atoms with Crippen molar-refractivity contribution in [2.75, 3.05) is 12.4 Å². The average molecular weight is 391 g/mol. The van der Waals surface area contributed by atoms with Crippen LogP contribution in [0.4, 0.5) is 18.9 Å². The first-order valence-corrected chi connectivity index (χ1v) is 8.26. The van der Waals surface area contributed by atoms with Crippen LogP contribution in [0.15, 0.2) is 48.5 Å². The minimum absolute atomic E-state index is 0.0945. The molecule has 3 rings (SSSR count). The number of alkyl halides is 3. The molecule has 0 bridgehead atoms. The molecule has 0 radical (unpaired) electrons. The number of aromatic nitrogens is 2. The highest BCUT2D eigenvalue weighted by molar-refractivity contribution is 6.02. The molecule has 0 aliphatic rings. The van der Waals surface area contributed by atoms with Crippen LogP contribution in [0.5, 0.6) is 0 Å². The van der Waals surface area contributed by atoms with E-state index in [2.05, 4.69) is 15.0 Å². The number of anilines is 1. The Kier molecular flexibility index (Phi) is 5.08. The highest BCUT2D eigenvalue weighted by atomic mass is 19.4. The molecule has 1 aromatic heterocycles. The van der Waals surface area contributed by atoms with Gasteiger partial charge < -0.3 is 14.6 Å². The van der Waals surface area contributed by atoms with Crippen LogP contribution in [0.1, 0.15) is 29.1 Å². The van der Waals surface area contributed by atoms with Crippen LogP contribution in [-0.2, 0) is 15.7 Å². The van der Waals surface area contributed by atoms with Gasteiger partial charge in [-0.05, 0) is 31.2 Å². The van der Waals surface area contributed by atoms with E-state index in [1.165, 1.54) is 38.3 Å². The number of para-hydroxylation sites is 3. The lowest BCUT2D eigenvalue weighted by Gasteiger charge is -2.19. The topological polar surface area (TPSA) is 73.2 Å². The first-order chi connectivity index (χ1) is 13.2. The first kappa shape index (κ1) is 19.4. The van der Waals surface area contributed by atoms with Crippen molar-refractivity contribution in [3.8, 4) is 0 Å². The number of esters is 1. The van der Waals surface area contributed by atoms with Gasteiger partial charge in [-0.3, -0.25) is 4.79 Å². The fourth-order valence-electron chi connectivity index (χ4n) is 2.87. The minimum atomic E-state index is -4.74. The van der Waals surface area contributed by atoms with Crippen LogP contribution in [0.25, 0.3) is 11.0 Å². The van der Waals surface area contributed by atoms with E-state index in [0.717, 1.165) is 4.57 Å². The third-order valence-corrected chi connectivity index (χ3v) is 4.21. The Labute approximate surface area is 157 Å². The molecule has 0 saturated heterocycles. The van der Waals surface area contributed by atoms with E-state index in [1.807, 2.05) is 0 Å². The van der Waals surface area contributed by atoms with E-state index in [-0.39, 0.29) is 22.3 Å². The number of ether oxygens (including phenoxy) is 1. The summed E-state index contributed by atoms with van der Waals surface area (Å²) in [5.41, 5.74) is 0.546. The molecule has 9 heteroatoms. The molecule has 1 atom stereocenters. The number of carbonyl (C=O) groups is 2. The second-order valence-corrected chi connectivity index (χ2v) is 5.99. The average Bonchev–Trinajstić information content (AvgIpc) is 3.07. The molecule has 1 heterocycles. The molecule has 6 nitrogen and oxygen atoms in total. The molecule has 0 saturated carbocycles. The van der Waals surface area contributed by atoms with Crippen LogP contribution in [0.2, 0.25) is 0 Å². The Morgan fingerprint density at radius 2 is 1.75 bits per heavy atom. The maximum Gasteiger partial charge on any atom is 0.449 e. The maximum absolute atomic E-state index is 13.5. The van der Waals surface area contributed by atoms with Gasteiger partial charge in [-0.2, -0.15) is 13.2 Å². The van der Waals surface area contributed by atoms with Crippen molar-refractivity contribution in [1.82, 2.24) is 9.55 Å². The number of rotatable bonds is 4. The molecule has 146 valence electrons. The standard InChI is InChI=1S/C19H16F3N3O3/c1-11(16(26)23-13-8-4-3-7-12(13)17(27)28-2)25-15-10-6-5-9-14(15)24-18(25)19(20,21)22/h3-11H,1-2H3,(H,23,26)/t11-/m1/s1. The predicted molar refractivity (Wildman–Crippen MR) is 95.9 cm³/mol. The highest BCUT2D eigenvalue weighted by Crippen LogP contribution is 2.34. The number of nitrogens with zero attached hydrogens (tertiary/aromatic N) is 2. The number of methoxy groups -OCH3 is 1. The van der Waals surface area contributed by atoms with Crippen LogP contribution >= 0.6 is 0 Å². The second kappa shape index (κ2) is 7.34. The van der Waals surface area contributed by atoms with Crippen LogP contribution < -0.4 is 5.32 Å². The summed E-state index contributed by atoms with van der Waals surface area (Å²) < 4.78 is 45.9. The van der Waals surface area contributed by atoms with Gasteiger partial charge in [-0.15, -0.1) is 0 Å². The molecule has 0 spiro atoms. The van der Waals surface area contributed by atoms with Crippen molar-refractivity contribution in [1.29, 1.82) is 0 Å². The van der Waals surface area contributed by atoms with Crippen molar-refractivity contribution in [3.05, 3.63) is 59.9 Å². The summed E-state index contributed by atoms with van der Waals surface area (Å²) >= 11 is 0. The molecule has 1 amide bonds. The fraction of sp³-hybridized carbons (Fsp3) is 0.211. The van der Waals surface area contributed by atoms with Crippen molar-refractivity contribution in [3.63, 3.8) is 0 Å². The number of benzene rings is 2. The second-order valence-electron chi connectivity index (χ2n) is 5.99. The summed E-state index contributed by atoms with van der Waals surface area (Å²) in [5, 5.41) is 2.50. The maximum atomic E-state index is 13.5. The van der Waals surface area contributed by atoms with E-state index in [9.17, 15) is 22.8 Å². The Morgan fingerprint density at radius 1 is 1.11 bits per heavy atom. The van der Waals surface area contributed by atoms with Crippen molar-refractivity contribution in [2.24, 2.45) is 0 Å². The molecule has 1 N–H and O–H groups in total. The van der Waals surface area contributed by atoms with Crippen LogP contribution in [-0.4, -0.2) is 28.5 Å². The number of imidazole rings is 1. The third-order valence-electron chi connectivity index (χ3n) is 4.21. The number of carbonyl (C=O) groups excluding carboxylic acids is 2. The largest absolute Gasteiger partial charge is 0.465 e. The van der Waals surface area contributed by atoms with Gasteiger partial charge in [0.1, 0.15) is 6.04 Å². The van der Waals surface area contributed by atoms with Crippen LogP contribution in [0, 0.1) is 0 Å². The van der Waals surface area contributed by atoms with Gasteiger partial charge in [0.15, 0.2) is 0 Å². The van der Waals surface area contributed by atoms with E-state index < -0.39 is 29.9 Å². The van der Waals surface area contributed by atoms with Gasteiger partial charge in [0, 0.05) is 0 Å². The summed E-state index contributed by atoms with van der Waals surface area (Å²) in [6.07, 6.45) is -4.74. The summed E-state index contributed by atoms with van der Waals surface area (Å²) in [6.45, 7) is 1.33. The van der Waals surface area contributed by atoms with E-state index in [0.29, 0.717) is 0 Å². The quantitative estimate of drug-likeness (QED) is 0.682. The lowest BCUT2D eigenvalue weighted by Crippen LogP contribution is -2.28. The number of amides is 1. The van der Waals surface area contributed by atoms with Gasteiger partial charge in [0.05, 0.1) is 29.4 Å². The summed E-state index contributed by atoms with van der Waals surface area (Å²) in [5.74, 6) is -2.57. The molecular formula is C19H16F3N3O3. The first-order valence-electron chi connectivity index (χ1n) is 8.26. The smallest absolute Gasteiger partial charge is 0.449 e. The highest BCUT2D eigenvalue weighted by Gasteiger charge is 2.39. The molecule has 2 aromatic carbocycles. The Balaban J connectivity index is 2.01. The minimum Gasteiger partial charge on any atom is -0.465 e. The molecule has 0 aliphatic heterocycles. The summed E-state index contributed by atoms with van der Waals surface area (Å²) in [6, 6.07) is 10.9. The number of hydrogen-bond donors (Lipinski definition) is 1. The van der Waals surface area contributed by atoms with Gasteiger partial charge in [-0.1, -0.05) is 24.3 Å². The lowest BCUT2D eigenvalue weighted by atomic mass is 10.1. The van der Waals surface area contributed by atoms with E-state index in [1.54, 1.807) is 24.3 Å². The van der Waals surface area contributed by atoms with E-state index >= 15 is 0 Å². The van der Waals surface area contributed by atoms with Crippen molar-refractivity contribution >= 4 is 28.6 Å². The molecule has 0 aliphatic carbocycles. The van der Waals surface area contributed by atoms with Gasteiger partial charge in [-0.25, -0.2) is 9.78 Å². The number of halogens is 3. The molecule has 0 fully saturated rings. The molecule has 28 heavy (non-hydrogen) atoms. The number of hydrogen-bond acceptors (Lipinski definition) is 4. The molecule has 0 unspecified atom stereocenters. The van der Waals surface area contributed by atoms with Crippen LogP contribution in [0.3, 0.4) is 0 Å². The normalized spacial score (nSPS) is 12.6. The predicted octanol–water partition coefficient (Wildman–Crippen LogP) is 4.04. The Bertz CT molecular complexity index is 1040. The monoisotopic (exact) mass is 391 g/mol. The SMILES string of the molecule is COC(=O)c1ccccc1NC(=O)[C@@H](C)n1c(C(F)(F)F)nc2ccccc21. The van der Waals surface area contributed by atoms with Gasteiger partial charge >= 0.3 is 12.1 Å². The Hall–Kier alpha value is -3.36. The zero-order valence-corrected chi connectivity index (χ0v) is 14.9. The van der Waals surface area contributed by atoms with E-state index in [4.69, 9.17) is 0 Å². The van der Waals surface area contributed by atoms with Crippen molar-refractivity contribution in [2.45, 2.75) is 19.1 Å². The summed E-state index contributed by atoms with van der Waals surface area (Å²) in [7, 11) is 1.19. The molecular weight excluding hydrogens is 375 g/mol. The lowest BCUT2D eigenvalue weighted by molar-refractivity contribution is -0.148. The third kappa shape index (κ3) is 3.55. The number of nitrogens with one attached hydrogen (secondary N) is 1. The Morgan fingerprint density at radius 3 is 2.43 bits per heavy atom. The van der Waals surface area contributed by atoms with Gasteiger partial charge in [0.25, 0.3) is 0 Å². The summed E-state index contributed by atoms with van der Waals surface area (Å²) in [4.78, 5) is 28.2.